The van der Waals surface area contributed by atoms with Crippen LogP contribution >= 0.6 is 0 Å². The highest BCUT2D eigenvalue weighted by atomic mass is 16.2. The minimum absolute atomic E-state index is 0.304. The molecule has 2 rings (SSSR count). The molecule has 1 N–H and O–H groups in total. The van der Waals surface area contributed by atoms with Gasteiger partial charge in [0.2, 0.25) is 5.91 Å². The number of hydrogen-bond donors (Lipinski definition) is 1. The molecule has 1 aromatic carbocycles. The van der Waals surface area contributed by atoms with Gasteiger partial charge in [-0.15, -0.1) is 0 Å². The summed E-state index contributed by atoms with van der Waals surface area (Å²) in [6, 6.07) is 6.57. The Morgan fingerprint density at radius 1 is 1.30 bits per heavy atom. The number of hydrogen-bond acceptors (Lipinski definition) is 2. The van der Waals surface area contributed by atoms with Gasteiger partial charge in [-0.3, -0.25) is 4.79 Å². The average Bonchev–Trinajstić information content (AvgIpc) is 2.46. The molecule has 0 radical (unpaired) electrons. The molecule has 1 aliphatic rings. The molecule has 1 aromatic rings. The van der Waals surface area contributed by atoms with Crippen LogP contribution in [-0.4, -0.2) is 37.0 Å². The molecule has 1 unspecified atom stereocenters. The minimum Gasteiger partial charge on any atom is -0.340 e. The molecule has 110 valence electrons. The van der Waals surface area contributed by atoms with Gasteiger partial charge in [0.15, 0.2) is 0 Å². The van der Waals surface area contributed by atoms with Crippen molar-refractivity contribution in [3.63, 3.8) is 0 Å². The molecule has 20 heavy (non-hydrogen) atoms. The predicted molar refractivity (Wildman–Crippen MR) is 83.0 cm³/mol. The van der Waals surface area contributed by atoms with Gasteiger partial charge in [-0.1, -0.05) is 30.7 Å². The fourth-order valence-corrected chi connectivity index (χ4v) is 3.01. The smallest absolute Gasteiger partial charge is 0.223 e. The van der Waals surface area contributed by atoms with Crippen molar-refractivity contribution in [1.82, 2.24) is 10.2 Å². The van der Waals surface area contributed by atoms with Crippen LogP contribution in [0.15, 0.2) is 18.2 Å². The summed E-state index contributed by atoms with van der Waals surface area (Å²) in [6.07, 6.45) is 1.65. The zero-order valence-corrected chi connectivity index (χ0v) is 12.9. The summed E-state index contributed by atoms with van der Waals surface area (Å²) in [5.74, 6) is 0.649. The van der Waals surface area contributed by atoms with E-state index in [-0.39, 0.29) is 0 Å². The monoisotopic (exact) mass is 274 g/mol. The van der Waals surface area contributed by atoms with E-state index >= 15 is 0 Å². The Kier molecular flexibility index (Phi) is 5.18. The van der Waals surface area contributed by atoms with Crippen molar-refractivity contribution in [3.05, 3.63) is 34.9 Å². The van der Waals surface area contributed by atoms with Crippen molar-refractivity contribution in [2.24, 2.45) is 0 Å². The first-order valence-corrected chi connectivity index (χ1v) is 7.67. The number of nitrogens with one attached hydrogen (secondary N) is 1. The largest absolute Gasteiger partial charge is 0.340 e. The molecule has 0 bridgehead atoms. The first-order chi connectivity index (χ1) is 9.61. The molecular weight excluding hydrogens is 248 g/mol. The highest BCUT2D eigenvalue weighted by Crippen LogP contribution is 2.27. The quantitative estimate of drug-likeness (QED) is 0.915. The molecule has 0 aliphatic carbocycles. The average molecular weight is 274 g/mol. The zero-order chi connectivity index (χ0) is 14.5. The van der Waals surface area contributed by atoms with Crippen LogP contribution in [0.5, 0.6) is 0 Å². The summed E-state index contributed by atoms with van der Waals surface area (Å²) in [6.45, 7) is 9.99. The van der Waals surface area contributed by atoms with E-state index in [1.165, 1.54) is 16.7 Å². The van der Waals surface area contributed by atoms with Crippen LogP contribution in [0.4, 0.5) is 0 Å². The first kappa shape index (κ1) is 15.0. The van der Waals surface area contributed by atoms with E-state index < -0.39 is 0 Å². The molecule has 1 amide bonds. The van der Waals surface area contributed by atoms with Crippen molar-refractivity contribution in [2.45, 2.75) is 39.5 Å². The van der Waals surface area contributed by atoms with Crippen LogP contribution in [0.1, 0.15) is 42.4 Å². The zero-order valence-electron chi connectivity index (χ0n) is 12.9. The SMILES string of the molecule is CCC(CC(=O)N1CCNCC1)c1ccc(C)cc1C. The molecular formula is C17H26N2O. The van der Waals surface area contributed by atoms with E-state index in [0.717, 1.165) is 32.6 Å². The van der Waals surface area contributed by atoms with Crippen molar-refractivity contribution in [2.75, 3.05) is 26.2 Å². The van der Waals surface area contributed by atoms with E-state index in [1.807, 2.05) is 4.90 Å². The summed E-state index contributed by atoms with van der Waals surface area (Å²) in [7, 11) is 0. The number of aryl methyl sites for hydroxylation is 2. The van der Waals surface area contributed by atoms with E-state index in [2.05, 4.69) is 44.3 Å². The topological polar surface area (TPSA) is 32.3 Å². The third kappa shape index (κ3) is 3.60. The molecule has 0 saturated carbocycles. The fraction of sp³-hybridized carbons (Fsp3) is 0.588. The van der Waals surface area contributed by atoms with Gasteiger partial charge in [0, 0.05) is 32.6 Å². The molecule has 0 aromatic heterocycles. The lowest BCUT2D eigenvalue weighted by Crippen LogP contribution is -2.46. The van der Waals surface area contributed by atoms with Crippen molar-refractivity contribution < 1.29 is 4.79 Å². The van der Waals surface area contributed by atoms with Crippen molar-refractivity contribution in [1.29, 1.82) is 0 Å². The number of rotatable bonds is 4. The molecule has 0 spiro atoms. The van der Waals surface area contributed by atoms with E-state index in [4.69, 9.17) is 0 Å². The first-order valence-electron chi connectivity index (χ1n) is 7.67. The Balaban J connectivity index is 2.06. The lowest BCUT2D eigenvalue weighted by atomic mass is 9.88. The lowest BCUT2D eigenvalue weighted by molar-refractivity contribution is -0.132. The Morgan fingerprint density at radius 2 is 2.00 bits per heavy atom. The normalized spacial score (nSPS) is 17.1. The summed E-state index contributed by atoms with van der Waals surface area (Å²) >= 11 is 0. The predicted octanol–water partition coefficient (Wildman–Crippen LogP) is 2.62. The van der Waals surface area contributed by atoms with Crippen LogP contribution in [0.3, 0.4) is 0 Å². The minimum atomic E-state index is 0.304. The maximum absolute atomic E-state index is 12.4. The summed E-state index contributed by atoms with van der Waals surface area (Å²) in [5.41, 5.74) is 3.93. The molecule has 3 heteroatoms. The van der Waals surface area contributed by atoms with Gasteiger partial charge in [-0.25, -0.2) is 0 Å². The highest BCUT2D eigenvalue weighted by molar-refractivity contribution is 5.77. The van der Waals surface area contributed by atoms with Gasteiger partial charge in [-0.05, 0) is 37.3 Å². The molecule has 1 fully saturated rings. The van der Waals surface area contributed by atoms with E-state index in [9.17, 15) is 4.79 Å². The van der Waals surface area contributed by atoms with Crippen molar-refractivity contribution in [3.8, 4) is 0 Å². The number of carbonyl (C=O) groups excluding carboxylic acids is 1. The molecule has 1 heterocycles. The van der Waals surface area contributed by atoms with Crippen molar-refractivity contribution >= 4 is 5.91 Å². The summed E-state index contributed by atoms with van der Waals surface area (Å²) in [5, 5.41) is 3.29. The second kappa shape index (κ2) is 6.89. The number of piperazine rings is 1. The molecule has 1 atom stereocenters. The van der Waals surface area contributed by atoms with Crippen LogP contribution in [0.2, 0.25) is 0 Å². The van der Waals surface area contributed by atoms with Gasteiger partial charge in [0.1, 0.15) is 0 Å². The molecule has 1 saturated heterocycles. The van der Waals surface area contributed by atoms with Gasteiger partial charge < -0.3 is 10.2 Å². The summed E-state index contributed by atoms with van der Waals surface area (Å²) in [4.78, 5) is 14.4. The van der Waals surface area contributed by atoms with E-state index in [0.29, 0.717) is 18.2 Å². The Morgan fingerprint density at radius 3 is 2.60 bits per heavy atom. The Bertz CT molecular complexity index is 464. The molecule has 3 nitrogen and oxygen atoms in total. The maximum atomic E-state index is 12.4. The number of carbonyl (C=O) groups is 1. The third-order valence-electron chi connectivity index (χ3n) is 4.25. The number of benzene rings is 1. The van der Waals surface area contributed by atoms with Crippen LogP contribution in [0.25, 0.3) is 0 Å². The highest BCUT2D eigenvalue weighted by Gasteiger charge is 2.21. The standard InChI is InChI=1S/C17H26N2O/c1-4-15(16-6-5-13(2)11-14(16)3)12-17(20)19-9-7-18-8-10-19/h5-6,11,15,18H,4,7-10,12H2,1-3H3. The van der Waals surface area contributed by atoms with Crippen LogP contribution in [0, 0.1) is 13.8 Å². The van der Waals surface area contributed by atoms with Gasteiger partial charge in [-0.2, -0.15) is 0 Å². The number of nitrogens with zero attached hydrogens (tertiary/aromatic N) is 1. The van der Waals surface area contributed by atoms with Gasteiger partial charge in [0.25, 0.3) is 0 Å². The Hall–Kier alpha value is -1.35. The third-order valence-corrected chi connectivity index (χ3v) is 4.25. The number of amides is 1. The Labute approximate surface area is 122 Å². The van der Waals surface area contributed by atoms with Gasteiger partial charge in [0.05, 0.1) is 0 Å². The van der Waals surface area contributed by atoms with Crippen LogP contribution < -0.4 is 5.32 Å². The second-order valence-corrected chi connectivity index (χ2v) is 5.80. The lowest BCUT2D eigenvalue weighted by Gasteiger charge is -2.29. The fourth-order valence-electron chi connectivity index (χ4n) is 3.01. The van der Waals surface area contributed by atoms with Crippen LogP contribution in [-0.2, 0) is 4.79 Å². The van der Waals surface area contributed by atoms with Gasteiger partial charge >= 0.3 is 0 Å². The summed E-state index contributed by atoms with van der Waals surface area (Å²) < 4.78 is 0. The molecule has 1 aliphatic heterocycles. The second-order valence-electron chi connectivity index (χ2n) is 5.80. The van der Waals surface area contributed by atoms with E-state index in [1.54, 1.807) is 0 Å². The maximum Gasteiger partial charge on any atom is 0.223 e.